The lowest BCUT2D eigenvalue weighted by Gasteiger charge is -1.93. The van der Waals surface area contributed by atoms with Crippen molar-refractivity contribution in [1.82, 2.24) is 5.16 Å². The van der Waals surface area contributed by atoms with Crippen LogP contribution in [0.1, 0.15) is 5.76 Å². The summed E-state index contributed by atoms with van der Waals surface area (Å²) in [6.07, 6.45) is 0. The number of anilines is 1. The number of rotatable bonds is 2. The summed E-state index contributed by atoms with van der Waals surface area (Å²) < 4.78 is 7.55. The first-order chi connectivity index (χ1) is 5.75. The van der Waals surface area contributed by atoms with Crippen molar-refractivity contribution >= 4 is 40.0 Å². The standard InChI is InChI=1S/C7H6ClIN2O/c1-5-6(8)7(11-12-5)10-4-2-3-9/h4H2,1H3,(H,10,11). The van der Waals surface area contributed by atoms with Crippen LogP contribution in [0.15, 0.2) is 4.52 Å². The second-order valence-corrected chi connectivity index (χ2v) is 2.94. The predicted molar refractivity (Wildman–Crippen MR) is 56.5 cm³/mol. The Bertz CT molecular complexity index is 326. The Kier molecular flexibility index (Phi) is 3.69. The number of aromatic nitrogens is 1. The van der Waals surface area contributed by atoms with Gasteiger partial charge in [-0.15, -0.1) is 0 Å². The molecule has 0 unspecified atom stereocenters. The van der Waals surface area contributed by atoms with Crippen LogP contribution in [0.3, 0.4) is 0 Å². The fraction of sp³-hybridized carbons (Fsp3) is 0.286. The number of nitrogens with one attached hydrogen (secondary N) is 1. The highest BCUT2D eigenvalue weighted by atomic mass is 127. The first-order valence-electron chi connectivity index (χ1n) is 3.20. The minimum Gasteiger partial charge on any atom is -0.358 e. The minimum atomic E-state index is 0.519. The van der Waals surface area contributed by atoms with Gasteiger partial charge in [0.05, 0.1) is 6.54 Å². The van der Waals surface area contributed by atoms with Crippen molar-refractivity contribution in [2.45, 2.75) is 6.92 Å². The van der Waals surface area contributed by atoms with Gasteiger partial charge in [0.1, 0.15) is 5.02 Å². The van der Waals surface area contributed by atoms with Crippen LogP contribution in [0.2, 0.25) is 5.02 Å². The van der Waals surface area contributed by atoms with E-state index in [0.717, 1.165) is 0 Å². The summed E-state index contributed by atoms with van der Waals surface area (Å²) in [4.78, 5) is 0. The van der Waals surface area contributed by atoms with E-state index in [-0.39, 0.29) is 0 Å². The molecule has 1 aromatic heterocycles. The van der Waals surface area contributed by atoms with Crippen LogP contribution in [0.5, 0.6) is 0 Å². The normalized spacial score (nSPS) is 8.92. The quantitative estimate of drug-likeness (QED) is 0.673. The SMILES string of the molecule is Cc1onc(NCC#CI)c1Cl. The van der Waals surface area contributed by atoms with Crippen molar-refractivity contribution in [3.05, 3.63) is 10.8 Å². The van der Waals surface area contributed by atoms with Crippen LogP contribution >= 0.6 is 34.2 Å². The molecule has 0 amide bonds. The molecule has 0 aromatic carbocycles. The Morgan fingerprint density at radius 1 is 1.75 bits per heavy atom. The second kappa shape index (κ2) is 4.58. The first kappa shape index (κ1) is 9.68. The molecule has 0 aliphatic rings. The second-order valence-electron chi connectivity index (χ2n) is 2.03. The van der Waals surface area contributed by atoms with Gasteiger partial charge in [0.2, 0.25) is 0 Å². The van der Waals surface area contributed by atoms with Crippen LogP contribution in [-0.2, 0) is 0 Å². The molecule has 0 spiro atoms. The van der Waals surface area contributed by atoms with Gasteiger partial charge in [-0.2, -0.15) is 0 Å². The Morgan fingerprint density at radius 3 is 3.00 bits per heavy atom. The summed E-state index contributed by atoms with van der Waals surface area (Å²) in [5.41, 5.74) is 0. The Balaban J connectivity index is 2.61. The summed E-state index contributed by atoms with van der Waals surface area (Å²) in [5, 5.41) is 7.14. The summed E-state index contributed by atoms with van der Waals surface area (Å²) in [6.45, 7) is 2.28. The molecule has 0 bridgehead atoms. The zero-order valence-corrected chi connectivity index (χ0v) is 9.23. The summed E-state index contributed by atoms with van der Waals surface area (Å²) in [5.74, 6) is 3.98. The summed E-state index contributed by atoms with van der Waals surface area (Å²) in [7, 11) is 0. The van der Waals surface area contributed by atoms with E-state index in [1.54, 1.807) is 6.92 Å². The van der Waals surface area contributed by atoms with Crippen molar-refractivity contribution in [3.63, 3.8) is 0 Å². The van der Waals surface area contributed by atoms with Gasteiger partial charge >= 0.3 is 0 Å². The van der Waals surface area contributed by atoms with E-state index in [2.05, 4.69) is 20.3 Å². The van der Waals surface area contributed by atoms with Gasteiger partial charge in [0.25, 0.3) is 0 Å². The highest BCUT2D eigenvalue weighted by molar-refractivity contribution is 14.1. The minimum absolute atomic E-state index is 0.519. The van der Waals surface area contributed by atoms with Crippen molar-refractivity contribution < 1.29 is 4.52 Å². The number of hydrogen-bond acceptors (Lipinski definition) is 3. The largest absolute Gasteiger partial charge is 0.358 e. The third-order valence-electron chi connectivity index (χ3n) is 1.20. The zero-order chi connectivity index (χ0) is 8.97. The molecule has 64 valence electrons. The monoisotopic (exact) mass is 296 g/mol. The molecule has 0 fully saturated rings. The smallest absolute Gasteiger partial charge is 0.189 e. The highest BCUT2D eigenvalue weighted by Gasteiger charge is 2.07. The fourth-order valence-corrected chi connectivity index (χ4v) is 0.959. The predicted octanol–water partition coefficient (Wildman–Crippen LogP) is 2.44. The molecule has 1 N–H and O–H groups in total. The lowest BCUT2D eigenvalue weighted by Crippen LogP contribution is -1.98. The lowest BCUT2D eigenvalue weighted by atomic mass is 10.5. The maximum Gasteiger partial charge on any atom is 0.189 e. The Morgan fingerprint density at radius 2 is 2.50 bits per heavy atom. The van der Waals surface area contributed by atoms with E-state index < -0.39 is 0 Å². The van der Waals surface area contributed by atoms with Crippen LogP contribution in [-0.4, -0.2) is 11.7 Å². The number of halogens is 2. The molecule has 0 atom stereocenters. The summed E-state index contributed by atoms with van der Waals surface area (Å²) >= 11 is 7.79. The van der Waals surface area contributed by atoms with Crippen LogP contribution < -0.4 is 5.32 Å². The Hall–Kier alpha value is -0.410. The van der Waals surface area contributed by atoms with E-state index in [1.165, 1.54) is 0 Å². The third kappa shape index (κ3) is 2.29. The van der Waals surface area contributed by atoms with Gasteiger partial charge in [-0.05, 0) is 10.9 Å². The molecule has 1 aromatic rings. The fourth-order valence-electron chi connectivity index (χ4n) is 0.632. The van der Waals surface area contributed by atoms with E-state index in [4.69, 9.17) is 16.1 Å². The first-order valence-corrected chi connectivity index (χ1v) is 4.65. The molecular formula is C7H6ClIN2O. The molecule has 5 heteroatoms. The molecule has 0 aliphatic heterocycles. The maximum atomic E-state index is 5.82. The van der Waals surface area contributed by atoms with Crippen LogP contribution in [0, 0.1) is 16.8 Å². The van der Waals surface area contributed by atoms with Gasteiger partial charge < -0.3 is 9.84 Å². The molecule has 12 heavy (non-hydrogen) atoms. The number of aryl methyl sites for hydroxylation is 1. The van der Waals surface area contributed by atoms with Crippen molar-refractivity contribution in [2.24, 2.45) is 0 Å². The van der Waals surface area contributed by atoms with E-state index in [0.29, 0.717) is 23.1 Å². The molecule has 3 nitrogen and oxygen atoms in total. The van der Waals surface area contributed by atoms with Gasteiger partial charge in [0.15, 0.2) is 11.6 Å². The zero-order valence-electron chi connectivity index (χ0n) is 6.32. The molecule has 0 saturated carbocycles. The number of nitrogens with zero attached hydrogens (tertiary/aromatic N) is 1. The van der Waals surface area contributed by atoms with Crippen molar-refractivity contribution in [1.29, 1.82) is 0 Å². The van der Waals surface area contributed by atoms with Gasteiger partial charge in [0, 0.05) is 22.6 Å². The average Bonchev–Trinajstić information content (AvgIpc) is 2.36. The molecule has 1 heterocycles. The molecular weight excluding hydrogens is 290 g/mol. The third-order valence-corrected chi connectivity index (χ3v) is 2.03. The maximum absolute atomic E-state index is 5.82. The van der Waals surface area contributed by atoms with E-state index >= 15 is 0 Å². The van der Waals surface area contributed by atoms with Crippen LogP contribution in [0.4, 0.5) is 5.82 Å². The van der Waals surface area contributed by atoms with Gasteiger partial charge in [-0.25, -0.2) is 0 Å². The Labute approximate surface area is 89.0 Å². The summed E-state index contributed by atoms with van der Waals surface area (Å²) in [6, 6.07) is 0. The van der Waals surface area contributed by atoms with Crippen LogP contribution in [0.25, 0.3) is 0 Å². The average molecular weight is 296 g/mol. The van der Waals surface area contributed by atoms with Crippen molar-refractivity contribution in [3.8, 4) is 9.85 Å². The van der Waals surface area contributed by atoms with Gasteiger partial charge in [-0.3, -0.25) is 0 Å². The van der Waals surface area contributed by atoms with E-state index in [1.807, 2.05) is 22.6 Å². The molecule has 0 saturated heterocycles. The molecule has 1 rings (SSSR count). The lowest BCUT2D eigenvalue weighted by molar-refractivity contribution is 0.400. The molecule has 0 radical (unpaired) electrons. The molecule has 0 aliphatic carbocycles. The topological polar surface area (TPSA) is 38.1 Å². The van der Waals surface area contributed by atoms with Gasteiger partial charge in [-0.1, -0.05) is 22.7 Å². The van der Waals surface area contributed by atoms with E-state index in [9.17, 15) is 0 Å². The van der Waals surface area contributed by atoms with Crippen molar-refractivity contribution in [2.75, 3.05) is 11.9 Å². The highest BCUT2D eigenvalue weighted by Crippen LogP contribution is 2.23. The number of hydrogen-bond donors (Lipinski definition) is 1.